The molecule has 0 spiro atoms. The van der Waals surface area contributed by atoms with Gasteiger partial charge < -0.3 is 6.15 Å². The van der Waals surface area contributed by atoms with Gasteiger partial charge in [-0.15, -0.1) is 0 Å². The molecule has 4 heteroatoms. The molecule has 1 nitrogen and oxygen atoms in total. The van der Waals surface area contributed by atoms with Crippen molar-refractivity contribution in [2.45, 2.75) is 7.43 Å². The molecule has 0 aliphatic rings. The van der Waals surface area contributed by atoms with E-state index < -0.39 is 0 Å². The first-order valence-electron chi connectivity index (χ1n) is 0.289. The van der Waals surface area contributed by atoms with Crippen LogP contribution < -0.4 is 6.15 Å². The zero-order valence-corrected chi connectivity index (χ0v) is 11.4. The minimum absolute atomic E-state index is 0. The molecule has 0 amide bonds. The van der Waals surface area contributed by atoms with Crippen molar-refractivity contribution in [1.29, 1.82) is 0 Å². The topological polar surface area (TPSA) is 35.0 Å². The van der Waals surface area contributed by atoms with Gasteiger partial charge in [-0.25, -0.2) is 0 Å². The van der Waals surface area contributed by atoms with E-state index in [4.69, 9.17) is 0 Å². The predicted molar refractivity (Wildman–Crippen MR) is 19.3 cm³/mol. The molecule has 0 fully saturated rings. The summed E-state index contributed by atoms with van der Waals surface area (Å²) in [6.45, 7) is 0. The van der Waals surface area contributed by atoms with Crippen molar-refractivity contribution in [1.82, 2.24) is 6.15 Å². The average Bonchev–Trinajstić information content (AvgIpc) is 1.00. The summed E-state index contributed by atoms with van der Waals surface area (Å²) in [5.74, 6) is 0. The summed E-state index contributed by atoms with van der Waals surface area (Å²) in [6, 6.07) is 0. The fourth-order valence-corrected chi connectivity index (χ4v) is 0. The third-order valence-electron chi connectivity index (χ3n) is 0. The van der Waals surface area contributed by atoms with Crippen molar-refractivity contribution >= 4 is 8.65 Å². The first kappa shape index (κ1) is 27.9. The molecule has 0 atom stereocenters. The predicted octanol–water partition coefficient (Wildman–Crippen LogP) is 1.44. The summed E-state index contributed by atoms with van der Waals surface area (Å²) in [6.07, 6.45) is 0. The van der Waals surface area contributed by atoms with Crippen LogP contribution in [0.1, 0.15) is 7.43 Å². The second-order valence-corrected chi connectivity index (χ2v) is 0. The first-order chi connectivity index (χ1) is 1.00. The Hall–Kier alpha value is 2.02. The molecular weight excluding hydrogens is 283 g/mol. The molecule has 0 heterocycles. The number of hydrogen-bond donors (Lipinski definition) is 1. The second kappa shape index (κ2) is 37.1. The van der Waals surface area contributed by atoms with Crippen LogP contribution >= 0.6 is 8.65 Å². The fourth-order valence-electron chi connectivity index (χ4n) is 0. The van der Waals surface area contributed by atoms with Gasteiger partial charge in [0, 0.05) is 0 Å². The van der Waals surface area contributed by atoms with Crippen molar-refractivity contribution in [3.63, 3.8) is 0 Å². The van der Waals surface area contributed by atoms with E-state index in [9.17, 15) is 0 Å². The molecule has 0 aromatic carbocycles. The van der Waals surface area contributed by atoms with Crippen LogP contribution in [0.2, 0.25) is 0 Å². The first-order valence-corrected chi connectivity index (χ1v) is 5.81. The molecule has 24 valence electrons. The Kier molecular flexibility index (Phi) is 207. The molecule has 0 aliphatic carbocycles. The molecule has 3 N–H and O–H groups in total. The fraction of sp³-hybridized carbons (Fsp3) is 1.00. The minimum atomic E-state index is 0. The van der Waals surface area contributed by atoms with Gasteiger partial charge in [-0.2, -0.15) is 0 Å². The summed E-state index contributed by atoms with van der Waals surface area (Å²) in [5, 5.41) is 0. The van der Waals surface area contributed by atoms with Crippen LogP contribution in [-0.4, -0.2) is 0 Å². The van der Waals surface area contributed by atoms with Crippen LogP contribution in [0.3, 0.4) is 0 Å². The van der Waals surface area contributed by atoms with Gasteiger partial charge in [0.2, 0.25) is 0 Å². The Morgan fingerprint density at radius 2 is 1.20 bits per heavy atom. The van der Waals surface area contributed by atoms with Crippen LogP contribution in [-0.2, 0) is 51.0 Å². The Balaban J connectivity index is -0.00000000167. The zero-order chi connectivity index (χ0) is 2.00. The van der Waals surface area contributed by atoms with Crippen molar-refractivity contribution < 1.29 is 51.0 Å². The Bertz CT molecular complexity index is 9.61. The quantitative estimate of drug-likeness (QED) is 0.685. The van der Waals surface area contributed by atoms with Crippen LogP contribution in [0.4, 0.5) is 0 Å². The molecule has 0 bridgehead atoms. The average molecular weight is 290 g/mol. The molecule has 0 rings (SSSR count). The van der Waals surface area contributed by atoms with Gasteiger partial charge in [-0.1, -0.05) is 7.43 Å². The SMILES string of the molecule is C.N.[Cd+2].[S]=[Cd]. The van der Waals surface area contributed by atoms with Crippen molar-refractivity contribution in [2.75, 3.05) is 0 Å². The van der Waals surface area contributed by atoms with E-state index in [2.05, 4.69) is 8.65 Å². The molecule has 0 aliphatic heterocycles. The number of hydrogen-bond acceptors (Lipinski definition) is 2. The van der Waals surface area contributed by atoms with E-state index >= 15 is 0 Å². The summed E-state index contributed by atoms with van der Waals surface area (Å²) < 4.78 is 0. The van der Waals surface area contributed by atoms with E-state index in [0.29, 0.717) is 0 Å². The van der Waals surface area contributed by atoms with Crippen molar-refractivity contribution in [3.05, 3.63) is 0 Å². The Morgan fingerprint density at radius 1 is 1.20 bits per heavy atom. The molecule has 0 saturated heterocycles. The van der Waals surface area contributed by atoms with Crippen molar-refractivity contribution in [2.24, 2.45) is 0 Å². The molecule has 0 unspecified atom stereocenters. The van der Waals surface area contributed by atoms with Gasteiger partial charge in [0.15, 0.2) is 0 Å². The summed E-state index contributed by atoms with van der Waals surface area (Å²) in [4.78, 5) is 0. The van der Waals surface area contributed by atoms with E-state index in [1.165, 1.54) is 0 Å². The summed E-state index contributed by atoms with van der Waals surface area (Å²) in [5.41, 5.74) is 0. The third kappa shape index (κ3) is 23.8. The monoisotopic (exact) mass is 293 g/mol. The molecular formula is CH7Cd2NS+2. The molecule has 0 aromatic heterocycles. The summed E-state index contributed by atoms with van der Waals surface area (Å²) >= 11 is 0.733. The normalized spacial score (nSPS) is 1.20. The molecule has 0 radical (unpaired) electrons. The standard InChI is InChI=1S/CH4.2Cd.H3N.S/h1H4;;;1H3;/q;;+2;;. The van der Waals surface area contributed by atoms with E-state index in [1.807, 2.05) is 0 Å². The maximum absolute atomic E-state index is 4.25. The van der Waals surface area contributed by atoms with Crippen LogP contribution in [0.5, 0.6) is 0 Å². The molecule has 0 saturated carbocycles. The van der Waals surface area contributed by atoms with Gasteiger partial charge in [0.1, 0.15) is 0 Å². The van der Waals surface area contributed by atoms with Crippen LogP contribution in [0.15, 0.2) is 0 Å². The van der Waals surface area contributed by atoms with Gasteiger partial charge >= 0.3 is 59.6 Å². The molecule has 0 aromatic rings. The van der Waals surface area contributed by atoms with Crippen molar-refractivity contribution in [3.8, 4) is 0 Å². The maximum atomic E-state index is 4.25. The van der Waals surface area contributed by atoms with Crippen LogP contribution in [0.25, 0.3) is 0 Å². The van der Waals surface area contributed by atoms with Gasteiger partial charge in [0.25, 0.3) is 0 Å². The zero-order valence-electron chi connectivity index (χ0n) is 2.53. The summed E-state index contributed by atoms with van der Waals surface area (Å²) in [7, 11) is 4.25. The van der Waals surface area contributed by atoms with E-state index in [-0.39, 0.29) is 40.9 Å². The Labute approximate surface area is 72.2 Å². The van der Waals surface area contributed by atoms with Crippen LogP contribution in [0, 0.1) is 0 Å². The molecule has 5 heavy (non-hydrogen) atoms. The Morgan fingerprint density at radius 3 is 1.20 bits per heavy atom. The van der Waals surface area contributed by atoms with E-state index in [1.54, 1.807) is 0 Å². The second-order valence-electron chi connectivity index (χ2n) is 0. The van der Waals surface area contributed by atoms with Gasteiger partial charge in [-0.3, -0.25) is 0 Å². The van der Waals surface area contributed by atoms with Gasteiger partial charge in [-0.05, 0) is 0 Å². The number of rotatable bonds is 0. The van der Waals surface area contributed by atoms with Gasteiger partial charge in [0.05, 0.1) is 0 Å². The third-order valence-corrected chi connectivity index (χ3v) is 0. The van der Waals surface area contributed by atoms with E-state index in [0.717, 1.165) is 23.7 Å².